The minimum Gasteiger partial charge on any atom is -0.453 e. The number of ether oxygens (including phenoxy) is 1. The number of amides is 1. The van der Waals surface area contributed by atoms with E-state index < -0.39 is 29.6 Å². The van der Waals surface area contributed by atoms with Crippen LogP contribution in [-0.2, 0) is 14.3 Å². The van der Waals surface area contributed by atoms with Gasteiger partial charge >= 0.3 is 5.97 Å². The number of hydrogen-bond donors (Lipinski definition) is 1. The number of esters is 1. The van der Waals surface area contributed by atoms with Crippen LogP contribution in [0.25, 0.3) is 6.08 Å². The summed E-state index contributed by atoms with van der Waals surface area (Å²) in [6.07, 6.45) is 1.88. The molecule has 134 valence electrons. The molecule has 0 aliphatic heterocycles. The number of nitrogens with one attached hydrogen (secondary N) is 1. The summed E-state index contributed by atoms with van der Waals surface area (Å²) >= 11 is 0. The van der Waals surface area contributed by atoms with Crippen LogP contribution in [0.15, 0.2) is 60.7 Å². The molecule has 2 aromatic rings. The SMILES string of the molecule is C[C@@H](OC(=O)CNC(=O)/C=C/c1ccccc1)C(=O)c1ccc(F)cc1. The fraction of sp³-hybridized carbons (Fsp3) is 0.150. The summed E-state index contributed by atoms with van der Waals surface area (Å²) < 4.78 is 17.9. The Bertz CT molecular complexity index is 800. The lowest BCUT2D eigenvalue weighted by Crippen LogP contribution is -2.33. The Hall–Kier alpha value is -3.28. The van der Waals surface area contributed by atoms with Gasteiger partial charge in [0.25, 0.3) is 0 Å². The van der Waals surface area contributed by atoms with Crippen LogP contribution in [-0.4, -0.2) is 30.3 Å². The van der Waals surface area contributed by atoms with Crippen LogP contribution < -0.4 is 5.32 Å². The van der Waals surface area contributed by atoms with Gasteiger partial charge in [-0.3, -0.25) is 14.4 Å². The van der Waals surface area contributed by atoms with Gasteiger partial charge in [0.2, 0.25) is 11.7 Å². The summed E-state index contributed by atoms with van der Waals surface area (Å²) in [4.78, 5) is 35.5. The van der Waals surface area contributed by atoms with Crippen molar-refractivity contribution in [3.63, 3.8) is 0 Å². The smallest absolute Gasteiger partial charge is 0.326 e. The van der Waals surface area contributed by atoms with Gasteiger partial charge in [0.05, 0.1) is 0 Å². The number of rotatable bonds is 7. The molecule has 0 radical (unpaired) electrons. The van der Waals surface area contributed by atoms with E-state index >= 15 is 0 Å². The largest absolute Gasteiger partial charge is 0.453 e. The monoisotopic (exact) mass is 355 g/mol. The molecule has 0 heterocycles. The van der Waals surface area contributed by atoms with Crippen molar-refractivity contribution in [1.29, 1.82) is 0 Å². The summed E-state index contributed by atoms with van der Waals surface area (Å²) in [5.41, 5.74) is 1.09. The third-order valence-electron chi connectivity index (χ3n) is 3.44. The summed E-state index contributed by atoms with van der Waals surface area (Å²) in [6, 6.07) is 14.2. The molecule has 0 unspecified atom stereocenters. The van der Waals surface area contributed by atoms with Crippen molar-refractivity contribution in [1.82, 2.24) is 5.32 Å². The Morgan fingerprint density at radius 3 is 2.38 bits per heavy atom. The van der Waals surface area contributed by atoms with Crippen molar-refractivity contribution in [2.75, 3.05) is 6.54 Å². The van der Waals surface area contributed by atoms with Crippen LogP contribution in [0.1, 0.15) is 22.8 Å². The highest BCUT2D eigenvalue weighted by Crippen LogP contribution is 2.08. The van der Waals surface area contributed by atoms with Gasteiger partial charge in [0.15, 0.2) is 6.10 Å². The van der Waals surface area contributed by atoms with Gasteiger partial charge in [-0.25, -0.2) is 4.39 Å². The maximum Gasteiger partial charge on any atom is 0.326 e. The topological polar surface area (TPSA) is 72.5 Å². The fourth-order valence-corrected chi connectivity index (χ4v) is 2.10. The van der Waals surface area contributed by atoms with E-state index in [0.717, 1.165) is 17.7 Å². The predicted molar refractivity (Wildman–Crippen MR) is 94.8 cm³/mol. The Kier molecular flexibility index (Phi) is 6.79. The number of carbonyl (C=O) groups excluding carboxylic acids is 3. The van der Waals surface area contributed by atoms with Crippen molar-refractivity contribution >= 4 is 23.7 Å². The lowest BCUT2D eigenvalue weighted by atomic mass is 10.1. The Balaban J connectivity index is 1.78. The molecule has 5 nitrogen and oxygen atoms in total. The number of benzene rings is 2. The van der Waals surface area contributed by atoms with Crippen molar-refractivity contribution in [3.05, 3.63) is 77.6 Å². The molecule has 0 aliphatic carbocycles. The Labute approximate surface area is 150 Å². The third kappa shape index (κ3) is 5.98. The molecule has 0 bridgehead atoms. The van der Waals surface area contributed by atoms with Crippen molar-refractivity contribution in [3.8, 4) is 0 Å². The first-order chi connectivity index (χ1) is 12.5. The van der Waals surface area contributed by atoms with Crippen LogP contribution in [0.3, 0.4) is 0 Å². The lowest BCUT2D eigenvalue weighted by molar-refractivity contribution is -0.146. The highest BCUT2D eigenvalue weighted by Gasteiger charge is 2.19. The maximum atomic E-state index is 12.9. The summed E-state index contributed by atoms with van der Waals surface area (Å²) in [5.74, 6) is -2.11. The molecule has 26 heavy (non-hydrogen) atoms. The number of halogens is 1. The van der Waals surface area contributed by atoms with Crippen molar-refractivity contribution in [2.24, 2.45) is 0 Å². The highest BCUT2D eigenvalue weighted by molar-refractivity contribution is 6.00. The molecule has 0 fully saturated rings. The highest BCUT2D eigenvalue weighted by atomic mass is 19.1. The van der Waals surface area contributed by atoms with Gasteiger partial charge in [-0.2, -0.15) is 0 Å². The standard InChI is InChI=1S/C20H18FNO4/c1-14(20(25)16-8-10-17(21)11-9-16)26-19(24)13-22-18(23)12-7-15-5-3-2-4-6-15/h2-12,14H,13H2,1H3,(H,22,23)/b12-7+/t14-/m1/s1. The summed E-state index contributed by atoms with van der Waals surface area (Å²) in [5, 5.41) is 2.38. The molecule has 0 saturated carbocycles. The fourth-order valence-electron chi connectivity index (χ4n) is 2.10. The van der Waals surface area contributed by atoms with Crippen LogP contribution >= 0.6 is 0 Å². The van der Waals surface area contributed by atoms with Gasteiger partial charge in [-0.05, 0) is 42.8 Å². The van der Waals surface area contributed by atoms with E-state index in [-0.39, 0.29) is 12.1 Å². The number of hydrogen-bond acceptors (Lipinski definition) is 4. The number of carbonyl (C=O) groups is 3. The molecule has 0 saturated heterocycles. The van der Waals surface area contributed by atoms with Crippen LogP contribution in [0.5, 0.6) is 0 Å². The number of ketones is 1. The first-order valence-corrected chi connectivity index (χ1v) is 7.96. The molecule has 0 spiro atoms. The first-order valence-electron chi connectivity index (χ1n) is 7.96. The van der Waals surface area contributed by atoms with E-state index in [1.807, 2.05) is 30.3 Å². The average molecular weight is 355 g/mol. The molecule has 1 amide bonds. The van der Waals surface area contributed by atoms with E-state index in [4.69, 9.17) is 4.74 Å². The van der Waals surface area contributed by atoms with Crippen LogP contribution in [0.2, 0.25) is 0 Å². The second-order valence-electron chi connectivity index (χ2n) is 5.47. The van der Waals surface area contributed by atoms with E-state index in [0.29, 0.717) is 0 Å². The second kappa shape index (κ2) is 9.27. The molecule has 6 heteroatoms. The normalized spacial score (nSPS) is 11.8. The van der Waals surface area contributed by atoms with Gasteiger partial charge in [0.1, 0.15) is 12.4 Å². The third-order valence-corrected chi connectivity index (χ3v) is 3.44. The molecule has 0 aromatic heterocycles. The molecule has 0 aliphatic rings. The zero-order valence-electron chi connectivity index (χ0n) is 14.1. The minimum absolute atomic E-state index is 0.238. The first kappa shape index (κ1) is 19.1. The quantitative estimate of drug-likeness (QED) is 0.471. The van der Waals surface area contributed by atoms with E-state index in [9.17, 15) is 18.8 Å². The summed E-state index contributed by atoms with van der Waals surface area (Å²) in [6.45, 7) is 1.06. The molecule has 1 atom stereocenters. The second-order valence-corrected chi connectivity index (χ2v) is 5.47. The van der Waals surface area contributed by atoms with E-state index in [1.165, 1.54) is 25.1 Å². The van der Waals surface area contributed by atoms with E-state index in [1.54, 1.807) is 6.08 Å². The zero-order chi connectivity index (χ0) is 18.9. The molecule has 2 aromatic carbocycles. The Morgan fingerprint density at radius 1 is 1.08 bits per heavy atom. The number of Topliss-reactive ketones (excluding diaryl/α,β-unsaturated/α-hetero) is 1. The molecular weight excluding hydrogens is 337 g/mol. The van der Waals surface area contributed by atoms with Crippen LogP contribution in [0.4, 0.5) is 4.39 Å². The minimum atomic E-state index is -1.04. The van der Waals surface area contributed by atoms with Gasteiger partial charge in [0, 0.05) is 11.6 Å². The lowest BCUT2D eigenvalue weighted by Gasteiger charge is -2.12. The average Bonchev–Trinajstić information content (AvgIpc) is 2.65. The Morgan fingerprint density at radius 2 is 1.73 bits per heavy atom. The predicted octanol–water partition coefficient (Wildman–Crippen LogP) is 2.77. The molecular formula is C20H18FNO4. The van der Waals surface area contributed by atoms with Gasteiger partial charge < -0.3 is 10.1 Å². The van der Waals surface area contributed by atoms with E-state index in [2.05, 4.69) is 5.32 Å². The van der Waals surface area contributed by atoms with Gasteiger partial charge in [-0.15, -0.1) is 0 Å². The van der Waals surface area contributed by atoms with Crippen LogP contribution in [0, 0.1) is 5.82 Å². The molecule has 2 rings (SSSR count). The van der Waals surface area contributed by atoms with Crippen molar-refractivity contribution in [2.45, 2.75) is 13.0 Å². The van der Waals surface area contributed by atoms with Gasteiger partial charge in [-0.1, -0.05) is 30.3 Å². The van der Waals surface area contributed by atoms with Crippen molar-refractivity contribution < 1.29 is 23.5 Å². The maximum absolute atomic E-state index is 12.9. The zero-order valence-corrected chi connectivity index (χ0v) is 14.1. The molecule has 1 N–H and O–H groups in total. The summed E-state index contributed by atoms with van der Waals surface area (Å²) in [7, 11) is 0.